The fourth-order valence-corrected chi connectivity index (χ4v) is 2.34. The molecular weight excluding hydrogens is 376 g/mol. The lowest BCUT2D eigenvalue weighted by Crippen LogP contribution is -2.42. The van der Waals surface area contributed by atoms with Gasteiger partial charge in [-0.05, 0) is 17.5 Å². The Morgan fingerprint density at radius 1 is 0.828 bits per heavy atom. The van der Waals surface area contributed by atoms with Crippen LogP contribution in [0.25, 0.3) is 0 Å². The fourth-order valence-electron chi connectivity index (χ4n) is 2.34. The van der Waals surface area contributed by atoms with E-state index in [0.29, 0.717) is 0 Å². The van der Waals surface area contributed by atoms with Gasteiger partial charge in [-0.25, -0.2) is 4.79 Å². The van der Waals surface area contributed by atoms with E-state index in [1.165, 1.54) is 0 Å². The average Bonchev–Trinajstić information content (AvgIpc) is 2.66. The molecule has 0 heterocycles. The molecule has 0 saturated heterocycles. The number of hydrogen-bond acceptors (Lipinski definition) is 4. The quantitative estimate of drug-likeness (QED) is 0.500. The maximum absolute atomic E-state index is 11.7. The monoisotopic (exact) mass is 400 g/mol. The molecule has 0 aliphatic carbocycles. The minimum absolute atomic E-state index is 0.00873. The third-order valence-corrected chi connectivity index (χ3v) is 3.72. The molecule has 0 aliphatic heterocycles. The summed E-state index contributed by atoms with van der Waals surface area (Å²) in [6.45, 7) is 0. The second kappa shape index (κ2) is 12.7. The van der Waals surface area contributed by atoms with Gasteiger partial charge in [0.1, 0.15) is 6.04 Å². The van der Waals surface area contributed by atoms with Crippen LogP contribution >= 0.6 is 0 Å². The first kappa shape index (κ1) is 23.4. The molecule has 2 rings (SSSR count). The molecule has 29 heavy (non-hydrogen) atoms. The van der Waals surface area contributed by atoms with Gasteiger partial charge in [-0.1, -0.05) is 60.7 Å². The van der Waals surface area contributed by atoms with Gasteiger partial charge >= 0.3 is 11.9 Å². The summed E-state index contributed by atoms with van der Waals surface area (Å²) in [6, 6.07) is 17.0. The maximum Gasteiger partial charge on any atom is 0.326 e. The predicted molar refractivity (Wildman–Crippen MR) is 106 cm³/mol. The van der Waals surface area contributed by atoms with E-state index in [9.17, 15) is 19.2 Å². The summed E-state index contributed by atoms with van der Waals surface area (Å²) < 4.78 is 0. The van der Waals surface area contributed by atoms with Crippen molar-refractivity contribution in [1.29, 1.82) is 0 Å². The molecule has 8 nitrogen and oxygen atoms in total. The number of primary amides is 1. The van der Waals surface area contributed by atoms with E-state index in [1.807, 2.05) is 24.3 Å². The fraction of sp³-hybridized carbons (Fsp3) is 0.238. The van der Waals surface area contributed by atoms with Crippen molar-refractivity contribution in [2.45, 2.75) is 31.7 Å². The number of nitrogens with two attached hydrogens (primary N) is 1. The van der Waals surface area contributed by atoms with Crippen molar-refractivity contribution in [3.63, 3.8) is 0 Å². The zero-order valence-electron chi connectivity index (χ0n) is 15.8. The summed E-state index contributed by atoms with van der Waals surface area (Å²) >= 11 is 0. The average molecular weight is 400 g/mol. The van der Waals surface area contributed by atoms with Gasteiger partial charge in [0.05, 0.1) is 12.8 Å². The van der Waals surface area contributed by atoms with Gasteiger partial charge in [0, 0.05) is 6.42 Å². The number of carboxylic acid groups (broad SMARTS) is 2. The minimum atomic E-state index is -1.18. The van der Waals surface area contributed by atoms with E-state index in [4.69, 9.17) is 15.9 Å². The maximum atomic E-state index is 11.7. The van der Waals surface area contributed by atoms with Crippen LogP contribution in [0.3, 0.4) is 0 Å². The van der Waals surface area contributed by atoms with Gasteiger partial charge in [-0.15, -0.1) is 0 Å². The molecule has 1 atom stereocenters. The zero-order chi connectivity index (χ0) is 21.6. The Morgan fingerprint density at radius 2 is 1.31 bits per heavy atom. The second-order valence-corrected chi connectivity index (χ2v) is 6.18. The van der Waals surface area contributed by atoms with Crippen molar-refractivity contribution < 1.29 is 29.4 Å². The second-order valence-electron chi connectivity index (χ2n) is 6.18. The van der Waals surface area contributed by atoms with Gasteiger partial charge in [0.25, 0.3) is 0 Å². The highest BCUT2D eigenvalue weighted by Crippen LogP contribution is 2.02. The highest BCUT2D eigenvalue weighted by atomic mass is 16.4. The molecule has 0 bridgehead atoms. The topological polar surface area (TPSA) is 147 Å². The molecule has 0 saturated carbocycles. The Bertz CT molecular complexity index is 808. The van der Waals surface area contributed by atoms with Crippen LogP contribution in [0.2, 0.25) is 0 Å². The Labute approximate surface area is 168 Å². The summed E-state index contributed by atoms with van der Waals surface area (Å²) in [7, 11) is 0. The number of carbonyl (C=O) groups is 4. The number of rotatable bonds is 9. The van der Waals surface area contributed by atoms with E-state index in [1.54, 1.807) is 36.4 Å². The first-order chi connectivity index (χ1) is 13.8. The van der Waals surface area contributed by atoms with Crippen molar-refractivity contribution in [2.24, 2.45) is 5.73 Å². The van der Waals surface area contributed by atoms with Crippen LogP contribution in [0.4, 0.5) is 0 Å². The van der Waals surface area contributed by atoms with Crippen molar-refractivity contribution in [3.8, 4) is 0 Å². The zero-order valence-corrected chi connectivity index (χ0v) is 15.8. The van der Waals surface area contributed by atoms with Crippen LogP contribution < -0.4 is 11.1 Å². The Kier molecular flexibility index (Phi) is 10.2. The molecular formula is C21H24N2O6. The number of hydrogen-bond donors (Lipinski definition) is 4. The van der Waals surface area contributed by atoms with Crippen molar-refractivity contribution in [1.82, 2.24) is 5.32 Å². The lowest BCUT2D eigenvalue weighted by Gasteiger charge is -2.13. The largest absolute Gasteiger partial charge is 0.481 e. The number of carbonyl (C=O) groups excluding carboxylic acids is 2. The van der Waals surface area contributed by atoms with Crippen LogP contribution in [0.5, 0.6) is 0 Å². The third-order valence-electron chi connectivity index (χ3n) is 3.72. The van der Waals surface area contributed by atoms with Gasteiger partial charge < -0.3 is 21.3 Å². The molecule has 0 fully saturated rings. The first-order valence-corrected chi connectivity index (χ1v) is 8.88. The number of benzene rings is 2. The van der Waals surface area contributed by atoms with Crippen LogP contribution in [0, 0.1) is 0 Å². The van der Waals surface area contributed by atoms with Gasteiger partial charge in [-0.3, -0.25) is 14.4 Å². The molecule has 154 valence electrons. The molecule has 8 heteroatoms. The van der Waals surface area contributed by atoms with Crippen LogP contribution in [0.1, 0.15) is 24.0 Å². The number of carboxylic acids is 2. The van der Waals surface area contributed by atoms with E-state index in [2.05, 4.69) is 5.32 Å². The van der Waals surface area contributed by atoms with Crippen molar-refractivity contribution >= 4 is 23.8 Å². The van der Waals surface area contributed by atoms with E-state index in [0.717, 1.165) is 11.1 Å². The standard InChI is InChI=1S/C13H16N2O4.C8H8O2/c14-11(16)7-6-10(13(18)19)15-12(17)8-9-4-2-1-3-5-9;9-8(10)6-7-4-2-1-3-5-7/h1-5,10H,6-8H2,(H2,14,16)(H,15,17)(H,18,19);1-5H,6H2,(H,9,10). The highest BCUT2D eigenvalue weighted by molar-refractivity contribution is 5.85. The Morgan fingerprint density at radius 3 is 1.72 bits per heavy atom. The van der Waals surface area contributed by atoms with E-state index in [-0.39, 0.29) is 25.7 Å². The number of aliphatic carboxylic acids is 2. The number of amides is 2. The smallest absolute Gasteiger partial charge is 0.326 e. The molecule has 1 unspecified atom stereocenters. The van der Waals surface area contributed by atoms with Crippen molar-refractivity contribution in [3.05, 3.63) is 71.8 Å². The Balaban J connectivity index is 0.000000352. The third kappa shape index (κ3) is 10.9. The molecule has 5 N–H and O–H groups in total. The highest BCUT2D eigenvalue weighted by Gasteiger charge is 2.20. The molecule has 2 aromatic rings. The van der Waals surface area contributed by atoms with Crippen LogP contribution in [-0.2, 0) is 32.0 Å². The molecule has 0 aromatic heterocycles. The van der Waals surface area contributed by atoms with Crippen molar-refractivity contribution in [2.75, 3.05) is 0 Å². The van der Waals surface area contributed by atoms with Crippen LogP contribution in [0.15, 0.2) is 60.7 Å². The first-order valence-electron chi connectivity index (χ1n) is 8.88. The van der Waals surface area contributed by atoms with Gasteiger partial charge in [-0.2, -0.15) is 0 Å². The summed E-state index contributed by atoms with van der Waals surface area (Å²) in [5.74, 6) is -2.96. The minimum Gasteiger partial charge on any atom is -0.481 e. The van der Waals surface area contributed by atoms with Gasteiger partial charge in [0.2, 0.25) is 11.8 Å². The van der Waals surface area contributed by atoms with Gasteiger partial charge in [0.15, 0.2) is 0 Å². The molecule has 0 spiro atoms. The normalized spacial score (nSPS) is 10.8. The van der Waals surface area contributed by atoms with E-state index < -0.39 is 29.8 Å². The van der Waals surface area contributed by atoms with E-state index >= 15 is 0 Å². The molecule has 0 radical (unpaired) electrons. The number of nitrogens with one attached hydrogen (secondary N) is 1. The Hall–Kier alpha value is -3.68. The molecule has 0 aliphatic rings. The van der Waals surface area contributed by atoms with Crippen LogP contribution in [-0.4, -0.2) is 40.0 Å². The molecule has 2 amide bonds. The summed E-state index contributed by atoms with van der Waals surface area (Å²) in [5, 5.41) is 19.7. The lowest BCUT2D eigenvalue weighted by molar-refractivity contribution is -0.142. The predicted octanol–water partition coefficient (Wildman–Crippen LogP) is 1.38. The SMILES string of the molecule is NC(=O)CCC(NC(=O)Cc1ccccc1)C(=O)O.O=C(O)Cc1ccccc1. The summed E-state index contributed by atoms with van der Waals surface area (Å²) in [5.41, 5.74) is 6.58. The lowest BCUT2D eigenvalue weighted by atomic mass is 10.1. The summed E-state index contributed by atoms with van der Waals surface area (Å²) in [6.07, 6.45) is 0.121. The summed E-state index contributed by atoms with van der Waals surface area (Å²) in [4.78, 5) is 43.4. The molecule has 2 aromatic carbocycles.